The van der Waals surface area contributed by atoms with Crippen LogP contribution >= 0.6 is 0 Å². The molecule has 2 aromatic heterocycles. The number of hydrogen-bond donors (Lipinski definition) is 1. The molecule has 110 valence electrons. The Hall–Kier alpha value is -2.00. The van der Waals surface area contributed by atoms with Gasteiger partial charge in [-0.2, -0.15) is 0 Å². The van der Waals surface area contributed by atoms with E-state index in [4.69, 9.17) is 8.83 Å². The Bertz CT molecular complexity index is 739. The van der Waals surface area contributed by atoms with Crippen LogP contribution in [0, 0.1) is 6.92 Å². The fraction of sp³-hybridized carbons (Fsp3) is 0.333. The van der Waals surface area contributed by atoms with Crippen LogP contribution < -0.4 is 5.32 Å². The Balaban J connectivity index is 1.81. The normalized spacial score (nSPS) is 12.9. The van der Waals surface area contributed by atoms with E-state index in [-0.39, 0.29) is 6.04 Å². The summed E-state index contributed by atoms with van der Waals surface area (Å²) in [7, 11) is 0. The predicted octanol–water partition coefficient (Wildman–Crippen LogP) is 4.75. The van der Waals surface area contributed by atoms with Crippen LogP contribution in [0.15, 0.2) is 45.2 Å². The topological polar surface area (TPSA) is 38.3 Å². The van der Waals surface area contributed by atoms with E-state index in [0.717, 1.165) is 35.8 Å². The average molecular weight is 283 g/mol. The van der Waals surface area contributed by atoms with E-state index in [2.05, 4.69) is 31.3 Å². The minimum atomic E-state index is 0.178. The molecule has 1 N–H and O–H groups in total. The quantitative estimate of drug-likeness (QED) is 0.734. The van der Waals surface area contributed by atoms with Crippen molar-refractivity contribution in [3.63, 3.8) is 0 Å². The molecule has 0 spiro atoms. The lowest BCUT2D eigenvalue weighted by Crippen LogP contribution is -2.18. The van der Waals surface area contributed by atoms with Crippen LogP contribution in [-0.2, 0) is 13.0 Å². The molecule has 3 rings (SSSR count). The van der Waals surface area contributed by atoms with Crippen LogP contribution in [0.5, 0.6) is 0 Å². The SMILES string of the molecule is CCc1oc2ccccc2c1CNC(C)c1ccc(C)o1. The maximum Gasteiger partial charge on any atom is 0.134 e. The summed E-state index contributed by atoms with van der Waals surface area (Å²) in [6, 6.07) is 12.4. The number of rotatable bonds is 5. The highest BCUT2D eigenvalue weighted by Crippen LogP contribution is 2.27. The van der Waals surface area contributed by atoms with Crippen molar-refractivity contribution in [2.24, 2.45) is 0 Å². The molecule has 0 aliphatic carbocycles. The van der Waals surface area contributed by atoms with Crippen LogP contribution in [0.25, 0.3) is 11.0 Å². The van der Waals surface area contributed by atoms with Crippen LogP contribution in [0.3, 0.4) is 0 Å². The van der Waals surface area contributed by atoms with E-state index in [1.54, 1.807) is 0 Å². The number of furan rings is 2. The van der Waals surface area contributed by atoms with Crippen molar-refractivity contribution in [1.82, 2.24) is 5.32 Å². The molecule has 3 nitrogen and oxygen atoms in total. The molecule has 0 amide bonds. The Morgan fingerprint density at radius 3 is 2.62 bits per heavy atom. The van der Waals surface area contributed by atoms with Gasteiger partial charge in [0.05, 0.1) is 6.04 Å². The second-order valence-electron chi connectivity index (χ2n) is 5.40. The number of hydrogen-bond acceptors (Lipinski definition) is 3. The third-order valence-corrected chi connectivity index (χ3v) is 3.88. The molecule has 2 heterocycles. The molecule has 0 bridgehead atoms. The molecule has 3 heteroatoms. The van der Waals surface area contributed by atoms with E-state index < -0.39 is 0 Å². The zero-order valence-corrected chi connectivity index (χ0v) is 12.8. The Kier molecular flexibility index (Phi) is 3.84. The molecule has 21 heavy (non-hydrogen) atoms. The first-order valence-corrected chi connectivity index (χ1v) is 7.48. The lowest BCUT2D eigenvalue weighted by atomic mass is 10.1. The van der Waals surface area contributed by atoms with Gasteiger partial charge in [-0.05, 0) is 32.0 Å². The number of fused-ring (bicyclic) bond motifs is 1. The number of para-hydroxylation sites is 1. The molecular formula is C18H21NO2. The second kappa shape index (κ2) is 5.78. The summed E-state index contributed by atoms with van der Waals surface area (Å²) >= 11 is 0. The van der Waals surface area contributed by atoms with E-state index in [0.29, 0.717) is 0 Å². The zero-order valence-electron chi connectivity index (χ0n) is 12.8. The number of nitrogens with one attached hydrogen (secondary N) is 1. The standard InChI is InChI=1S/C18H21NO2/c1-4-16-15(14-7-5-6-8-18(14)21-16)11-19-13(3)17-10-9-12(2)20-17/h5-10,13,19H,4,11H2,1-3H3. The first-order chi connectivity index (χ1) is 10.2. The van der Waals surface area contributed by atoms with E-state index in [9.17, 15) is 0 Å². The maximum absolute atomic E-state index is 5.93. The highest BCUT2D eigenvalue weighted by molar-refractivity contribution is 5.82. The summed E-state index contributed by atoms with van der Waals surface area (Å²) in [5.74, 6) is 2.98. The molecule has 0 saturated heterocycles. The van der Waals surface area contributed by atoms with Crippen molar-refractivity contribution in [2.45, 2.75) is 39.8 Å². The highest BCUT2D eigenvalue weighted by atomic mass is 16.3. The van der Waals surface area contributed by atoms with Crippen LogP contribution in [0.4, 0.5) is 0 Å². The molecule has 1 unspecified atom stereocenters. The van der Waals surface area contributed by atoms with Crippen molar-refractivity contribution >= 4 is 11.0 Å². The molecule has 0 aliphatic heterocycles. The minimum Gasteiger partial charge on any atom is -0.465 e. The summed E-state index contributed by atoms with van der Waals surface area (Å²) in [5, 5.41) is 4.73. The van der Waals surface area contributed by atoms with Gasteiger partial charge in [-0.3, -0.25) is 0 Å². The first-order valence-electron chi connectivity index (χ1n) is 7.48. The summed E-state index contributed by atoms with van der Waals surface area (Å²) in [4.78, 5) is 0. The molecule has 0 aliphatic rings. The van der Waals surface area contributed by atoms with E-state index in [1.807, 2.05) is 31.2 Å². The highest BCUT2D eigenvalue weighted by Gasteiger charge is 2.15. The fourth-order valence-electron chi connectivity index (χ4n) is 2.67. The van der Waals surface area contributed by atoms with E-state index in [1.165, 1.54) is 10.9 Å². The van der Waals surface area contributed by atoms with Crippen LogP contribution in [0.2, 0.25) is 0 Å². The van der Waals surface area contributed by atoms with Gasteiger partial charge in [-0.1, -0.05) is 25.1 Å². The molecule has 0 radical (unpaired) electrons. The predicted molar refractivity (Wildman–Crippen MR) is 84.3 cm³/mol. The maximum atomic E-state index is 5.93. The van der Waals surface area contributed by atoms with Gasteiger partial charge < -0.3 is 14.2 Å². The smallest absolute Gasteiger partial charge is 0.134 e. The molecule has 1 atom stereocenters. The van der Waals surface area contributed by atoms with Crippen molar-refractivity contribution in [1.29, 1.82) is 0 Å². The summed E-state index contributed by atoms with van der Waals surface area (Å²) in [6.07, 6.45) is 0.903. The van der Waals surface area contributed by atoms with Gasteiger partial charge in [-0.25, -0.2) is 0 Å². The van der Waals surface area contributed by atoms with E-state index >= 15 is 0 Å². The van der Waals surface area contributed by atoms with Gasteiger partial charge in [0.1, 0.15) is 22.9 Å². The van der Waals surface area contributed by atoms with Gasteiger partial charge >= 0.3 is 0 Å². The first kappa shape index (κ1) is 14.0. The van der Waals surface area contributed by atoms with Crippen molar-refractivity contribution < 1.29 is 8.83 Å². The average Bonchev–Trinajstić information content (AvgIpc) is 3.08. The summed E-state index contributed by atoms with van der Waals surface area (Å²) in [5.41, 5.74) is 2.22. The summed E-state index contributed by atoms with van der Waals surface area (Å²) in [6.45, 7) is 6.99. The number of benzene rings is 1. The molecule has 3 aromatic rings. The third kappa shape index (κ3) is 2.74. The minimum absolute atomic E-state index is 0.178. The van der Waals surface area contributed by atoms with Crippen molar-refractivity contribution in [3.05, 3.63) is 59.2 Å². The van der Waals surface area contributed by atoms with Gasteiger partial charge in [0, 0.05) is 23.9 Å². The zero-order chi connectivity index (χ0) is 14.8. The Morgan fingerprint density at radius 2 is 1.90 bits per heavy atom. The summed E-state index contributed by atoms with van der Waals surface area (Å²) < 4.78 is 11.6. The molecule has 0 saturated carbocycles. The lowest BCUT2D eigenvalue weighted by molar-refractivity contribution is 0.414. The van der Waals surface area contributed by atoms with Gasteiger partial charge in [0.2, 0.25) is 0 Å². The molecule has 0 fully saturated rings. The van der Waals surface area contributed by atoms with Crippen molar-refractivity contribution in [2.75, 3.05) is 0 Å². The van der Waals surface area contributed by atoms with Gasteiger partial charge in [0.25, 0.3) is 0 Å². The van der Waals surface area contributed by atoms with Crippen LogP contribution in [0.1, 0.15) is 42.7 Å². The monoisotopic (exact) mass is 283 g/mol. The largest absolute Gasteiger partial charge is 0.465 e. The fourth-order valence-corrected chi connectivity index (χ4v) is 2.67. The van der Waals surface area contributed by atoms with Crippen molar-refractivity contribution in [3.8, 4) is 0 Å². The van der Waals surface area contributed by atoms with Gasteiger partial charge in [0.15, 0.2) is 0 Å². The number of aryl methyl sites for hydroxylation is 2. The second-order valence-corrected chi connectivity index (χ2v) is 5.40. The lowest BCUT2D eigenvalue weighted by Gasteiger charge is -2.11. The molecular weight excluding hydrogens is 262 g/mol. The molecule has 1 aromatic carbocycles. The third-order valence-electron chi connectivity index (χ3n) is 3.88. The Labute approximate surface area is 124 Å². The Morgan fingerprint density at radius 1 is 1.10 bits per heavy atom. The van der Waals surface area contributed by atoms with Crippen LogP contribution in [-0.4, -0.2) is 0 Å². The van der Waals surface area contributed by atoms with Gasteiger partial charge in [-0.15, -0.1) is 0 Å².